The molecule has 2 nitrogen and oxygen atoms in total. The smallest absolute Gasteiger partial charge is 0.329 e. The number of carbonyl (C=O) groups is 1. The lowest BCUT2D eigenvalue weighted by atomic mass is 10.3. The minimum atomic E-state index is -0.648. The molecule has 0 radical (unpaired) electrons. The van der Waals surface area contributed by atoms with Crippen LogP contribution < -0.4 is 0 Å². The van der Waals surface area contributed by atoms with Crippen LogP contribution in [0.1, 0.15) is 17.2 Å². The highest BCUT2D eigenvalue weighted by atomic mass is 35.5. The van der Waals surface area contributed by atoms with Gasteiger partial charge >= 0.3 is 5.97 Å². The molecule has 0 aromatic carbocycles. The van der Waals surface area contributed by atoms with Crippen LogP contribution in [0.2, 0.25) is 0 Å². The lowest BCUT2D eigenvalue weighted by Gasteiger charge is -2.05. The molecule has 1 heterocycles. The number of alkyl halides is 1. The average molecular weight is 205 g/mol. The molecule has 0 N–H and O–H groups in total. The molecule has 12 heavy (non-hydrogen) atoms. The maximum atomic E-state index is 11.1. The van der Waals surface area contributed by atoms with E-state index in [0.717, 1.165) is 4.88 Å². The summed E-state index contributed by atoms with van der Waals surface area (Å²) in [5.74, 6) is -0.374. The van der Waals surface area contributed by atoms with Gasteiger partial charge < -0.3 is 4.74 Å². The Morgan fingerprint density at radius 3 is 3.08 bits per heavy atom. The van der Waals surface area contributed by atoms with E-state index in [1.165, 1.54) is 11.3 Å². The van der Waals surface area contributed by atoms with Crippen LogP contribution in [0.15, 0.2) is 17.5 Å². The maximum Gasteiger partial charge on any atom is 0.329 e. The van der Waals surface area contributed by atoms with Gasteiger partial charge in [0, 0.05) is 4.88 Å². The summed E-state index contributed by atoms with van der Waals surface area (Å²) in [6, 6.07) is 3.67. The van der Waals surface area contributed by atoms with Crippen molar-refractivity contribution in [2.45, 2.75) is 12.3 Å². The van der Waals surface area contributed by atoms with Crippen LogP contribution in [0, 0.1) is 0 Å². The summed E-state index contributed by atoms with van der Waals surface area (Å²) in [6.07, 6.45) is 0. The number of hydrogen-bond donors (Lipinski definition) is 0. The molecule has 0 aliphatic rings. The number of rotatable bonds is 3. The number of esters is 1. The zero-order valence-electron chi connectivity index (χ0n) is 6.62. The Morgan fingerprint density at radius 1 is 1.83 bits per heavy atom. The highest BCUT2D eigenvalue weighted by Crippen LogP contribution is 2.25. The van der Waals surface area contributed by atoms with Gasteiger partial charge in [0.05, 0.1) is 6.61 Å². The Labute approximate surface area is 80.1 Å². The number of thiophene rings is 1. The van der Waals surface area contributed by atoms with E-state index in [1.807, 2.05) is 17.5 Å². The maximum absolute atomic E-state index is 11.1. The molecule has 1 unspecified atom stereocenters. The van der Waals surface area contributed by atoms with Crippen molar-refractivity contribution >= 4 is 28.9 Å². The monoisotopic (exact) mass is 204 g/mol. The number of carbonyl (C=O) groups excluding carboxylic acids is 1. The van der Waals surface area contributed by atoms with E-state index in [9.17, 15) is 4.79 Å². The summed E-state index contributed by atoms with van der Waals surface area (Å²) in [5.41, 5.74) is 0. The molecule has 0 spiro atoms. The second-order valence-corrected chi connectivity index (χ2v) is 3.55. The van der Waals surface area contributed by atoms with Gasteiger partial charge in [0.25, 0.3) is 0 Å². The van der Waals surface area contributed by atoms with Crippen molar-refractivity contribution in [3.8, 4) is 0 Å². The third-order valence-corrected chi connectivity index (χ3v) is 2.77. The molecule has 0 aliphatic carbocycles. The summed E-state index contributed by atoms with van der Waals surface area (Å²) in [6.45, 7) is 2.13. The highest BCUT2D eigenvalue weighted by molar-refractivity contribution is 7.10. The first-order valence-electron chi connectivity index (χ1n) is 3.59. The predicted molar refractivity (Wildman–Crippen MR) is 49.5 cm³/mol. The summed E-state index contributed by atoms with van der Waals surface area (Å²) >= 11 is 7.27. The van der Waals surface area contributed by atoms with Crippen LogP contribution >= 0.6 is 22.9 Å². The van der Waals surface area contributed by atoms with Crippen LogP contribution in [0.3, 0.4) is 0 Å². The molecule has 1 atom stereocenters. The second kappa shape index (κ2) is 4.48. The van der Waals surface area contributed by atoms with Gasteiger partial charge in [-0.2, -0.15) is 0 Å². The molecule has 0 bridgehead atoms. The van der Waals surface area contributed by atoms with Gasteiger partial charge in [0.2, 0.25) is 0 Å². The Kier molecular flexibility index (Phi) is 3.56. The van der Waals surface area contributed by atoms with Gasteiger partial charge in [-0.25, -0.2) is 0 Å². The molecule has 0 fully saturated rings. The Bertz CT molecular complexity index is 246. The lowest BCUT2D eigenvalue weighted by Crippen LogP contribution is -2.09. The zero-order chi connectivity index (χ0) is 8.97. The number of hydrogen-bond acceptors (Lipinski definition) is 3. The SMILES string of the molecule is CCOC(=O)C(Cl)c1cccs1. The average Bonchev–Trinajstić information content (AvgIpc) is 2.55. The zero-order valence-corrected chi connectivity index (χ0v) is 8.19. The fraction of sp³-hybridized carbons (Fsp3) is 0.375. The van der Waals surface area contributed by atoms with E-state index in [2.05, 4.69) is 0 Å². The summed E-state index contributed by atoms with van der Waals surface area (Å²) < 4.78 is 4.76. The van der Waals surface area contributed by atoms with Crippen molar-refractivity contribution in [2.24, 2.45) is 0 Å². The first kappa shape index (κ1) is 9.55. The van der Waals surface area contributed by atoms with Gasteiger partial charge in [0.15, 0.2) is 5.38 Å². The molecule has 0 aliphatic heterocycles. The van der Waals surface area contributed by atoms with E-state index in [1.54, 1.807) is 6.92 Å². The van der Waals surface area contributed by atoms with Gasteiger partial charge in [-0.3, -0.25) is 4.79 Å². The molecule has 0 amide bonds. The lowest BCUT2D eigenvalue weighted by molar-refractivity contribution is -0.142. The summed E-state index contributed by atoms with van der Waals surface area (Å²) in [7, 11) is 0. The van der Waals surface area contributed by atoms with E-state index >= 15 is 0 Å². The molecule has 4 heteroatoms. The molecule has 0 saturated carbocycles. The normalized spacial score (nSPS) is 12.5. The van der Waals surface area contributed by atoms with E-state index in [-0.39, 0.29) is 5.97 Å². The largest absolute Gasteiger partial charge is 0.465 e. The molecule has 66 valence electrons. The second-order valence-electron chi connectivity index (χ2n) is 2.13. The summed E-state index contributed by atoms with van der Waals surface area (Å²) in [5, 5.41) is 1.23. The van der Waals surface area contributed by atoms with Gasteiger partial charge in [-0.15, -0.1) is 22.9 Å². The van der Waals surface area contributed by atoms with Crippen molar-refractivity contribution in [3.05, 3.63) is 22.4 Å². The minimum absolute atomic E-state index is 0.368. The predicted octanol–water partition coefficient (Wildman–Crippen LogP) is 2.59. The standard InChI is InChI=1S/C8H9ClO2S/c1-2-11-8(10)7(9)6-4-3-5-12-6/h3-5,7H,2H2,1H3. The van der Waals surface area contributed by atoms with Crippen LogP contribution in [0.5, 0.6) is 0 Å². The van der Waals surface area contributed by atoms with Crippen LogP contribution in [0.25, 0.3) is 0 Å². The molecular formula is C8H9ClO2S. The fourth-order valence-corrected chi connectivity index (χ4v) is 1.74. The van der Waals surface area contributed by atoms with E-state index < -0.39 is 5.38 Å². The van der Waals surface area contributed by atoms with Crippen molar-refractivity contribution in [1.29, 1.82) is 0 Å². The molecule has 1 aromatic heterocycles. The van der Waals surface area contributed by atoms with Gasteiger partial charge in [-0.05, 0) is 18.4 Å². The number of ether oxygens (including phenoxy) is 1. The summed E-state index contributed by atoms with van der Waals surface area (Å²) in [4.78, 5) is 11.9. The molecule has 0 saturated heterocycles. The van der Waals surface area contributed by atoms with Gasteiger partial charge in [-0.1, -0.05) is 6.07 Å². The van der Waals surface area contributed by atoms with Crippen molar-refractivity contribution in [3.63, 3.8) is 0 Å². The Balaban J connectivity index is 2.59. The van der Waals surface area contributed by atoms with Crippen LogP contribution in [-0.4, -0.2) is 12.6 Å². The molecular weight excluding hydrogens is 196 g/mol. The fourth-order valence-electron chi connectivity index (χ4n) is 0.767. The quantitative estimate of drug-likeness (QED) is 0.559. The first-order chi connectivity index (χ1) is 5.75. The highest BCUT2D eigenvalue weighted by Gasteiger charge is 2.19. The van der Waals surface area contributed by atoms with Crippen LogP contribution in [0.4, 0.5) is 0 Å². The van der Waals surface area contributed by atoms with E-state index in [0.29, 0.717) is 6.61 Å². The third kappa shape index (κ3) is 2.22. The topological polar surface area (TPSA) is 26.3 Å². The molecule has 1 aromatic rings. The number of halogens is 1. The first-order valence-corrected chi connectivity index (χ1v) is 4.91. The van der Waals surface area contributed by atoms with Gasteiger partial charge in [0.1, 0.15) is 0 Å². The minimum Gasteiger partial charge on any atom is -0.465 e. The Hall–Kier alpha value is -0.540. The molecule has 1 rings (SSSR count). The van der Waals surface area contributed by atoms with Crippen molar-refractivity contribution in [1.82, 2.24) is 0 Å². The Morgan fingerprint density at radius 2 is 2.58 bits per heavy atom. The van der Waals surface area contributed by atoms with Crippen molar-refractivity contribution < 1.29 is 9.53 Å². The van der Waals surface area contributed by atoms with Crippen LogP contribution in [-0.2, 0) is 9.53 Å². The van der Waals surface area contributed by atoms with E-state index in [4.69, 9.17) is 16.3 Å². The van der Waals surface area contributed by atoms with Crippen molar-refractivity contribution in [2.75, 3.05) is 6.61 Å². The third-order valence-electron chi connectivity index (χ3n) is 1.29.